The summed E-state index contributed by atoms with van der Waals surface area (Å²) in [5.74, 6) is 0. The fourth-order valence-electron chi connectivity index (χ4n) is 1.91. The predicted octanol–water partition coefficient (Wildman–Crippen LogP) is 3.33. The van der Waals surface area contributed by atoms with Crippen LogP contribution in [0.4, 0.5) is 0 Å². The van der Waals surface area contributed by atoms with Crippen LogP contribution in [-0.2, 0) is 0 Å². The lowest BCUT2D eigenvalue weighted by molar-refractivity contribution is -0.502. The van der Waals surface area contributed by atoms with E-state index in [1.807, 2.05) is 42.5 Å². The molecule has 2 aromatic rings. The van der Waals surface area contributed by atoms with Gasteiger partial charge in [0.05, 0.1) is 0 Å². The van der Waals surface area contributed by atoms with Gasteiger partial charge in [-0.25, -0.2) is 4.74 Å². The van der Waals surface area contributed by atoms with Crippen molar-refractivity contribution in [3.05, 3.63) is 83.8 Å². The fourth-order valence-corrected chi connectivity index (χ4v) is 1.91. The highest BCUT2D eigenvalue weighted by Gasteiger charge is 2.16. The second-order valence-electron chi connectivity index (χ2n) is 4.22. The number of rotatable bonds is 5. The van der Waals surface area contributed by atoms with E-state index in [9.17, 15) is 5.21 Å². The summed E-state index contributed by atoms with van der Waals surface area (Å²) in [5, 5.41) is 12.3. The lowest BCUT2D eigenvalue weighted by atomic mass is 10.1. The maximum atomic E-state index is 12.3. The van der Waals surface area contributed by atoms with Gasteiger partial charge in [0.2, 0.25) is 0 Å². The van der Waals surface area contributed by atoms with E-state index >= 15 is 0 Å². The third kappa shape index (κ3) is 3.52. The molecule has 0 aliphatic carbocycles. The lowest BCUT2D eigenvalue weighted by Gasteiger charge is -2.15. The zero-order chi connectivity index (χ0) is 13.5. The number of benzene rings is 1. The van der Waals surface area contributed by atoms with E-state index in [0.29, 0.717) is 6.42 Å². The molecule has 1 aromatic carbocycles. The van der Waals surface area contributed by atoms with Crippen LogP contribution < -0.4 is 0 Å². The van der Waals surface area contributed by atoms with Gasteiger partial charge in [0.1, 0.15) is 0 Å². The van der Waals surface area contributed by atoms with Crippen molar-refractivity contribution in [3.8, 4) is 0 Å². The third-order valence-electron chi connectivity index (χ3n) is 2.86. The summed E-state index contributed by atoms with van der Waals surface area (Å²) in [6.45, 7) is 3.72. The minimum atomic E-state index is -0.263. The molecule has 0 bridgehead atoms. The Kier molecular flexibility index (Phi) is 4.45. The molecule has 0 fully saturated rings. The Morgan fingerprint density at radius 2 is 1.84 bits per heavy atom. The zero-order valence-electron chi connectivity index (χ0n) is 10.6. The largest absolute Gasteiger partial charge is 0.623 e. The average molecular weight is 252 g/mol. The number of hydroxylamine groups is 1. The number of nitrogens with zero attached hydrogens (tertiary/aromatic N) is 2. The summed E-state index contributed by atoms with van der Waals surface area (Å²) in [4.78, 5) is 3.97. The molecule has 0 amide bonds. The standard InChI is InChI=1S/C16H16N2O/c1-2-6-16(15-9-11-17-12-10-15)18(19)13-14-7-4-3-5-8-14/h2-5,7-13,16H,1,6H2/b18-13-. The minimum Gasteiger partial charge on any atom is -0.623 e. The van der Waals surface area contributed by atoms with Crippen molar-refractivity contribution < 1.29 is 4.74 Å². The highest BCUT2D eigenvalue weighted by molar-refractivity contribution is 5.75. The lowest BCUT2D eigenvalue weighted by Crippen LogP contribution is -2.14. The number of hydrogen-bond donors (Lipinski definition) is 0. The third-order valence-corrected chi connectivity index (χ3v) is 2.86. The van der Waals surface area contributed by atoms with Crippen LogP contribution in [0.2, 0.25) is 0 Å². The molecule has 0 saturated carbocycles. The normalized spacial score (nSPS) is 12.9. The van der Waals surface area contributed by atoms with E-state index in [-0.39, 0.29) is 6.04 Å². The Morgan fingerprint density at radius 3 is 2.47 bits per heavy atom. The molecule has 96 valence electrons. The summed E-state index contributed by atoms with van der Waals surface area (Å²) in [6.07, 6.45) is 7.35. The van der Waals surface area contributed by atoms with Crippen LogP contribution in [-0.4, -0.2) is 15.9 Å². The highest BCUT2D eigenvalue weighted by Crippen LogP contribution is 2.20. The minimum absolute atomic E-state index is 0.263. The van der Waals surface area contributed by atoms with Crippen molar-refractivity contribution in [3.63, 3.8) is 0 Å². The van der Waals surface area contributed by atoms with Crippen LogP contribution >= 0.6 is 0 Å². The Balaban J connectivity index is 2.29. The van der Waals surface area contributed by atoms with Gasteiger partial charge in [0, 0.05) is 29.9 Å². The average Bonchev–Trinajstić information content (AvgIpc) is 2.46. The monoisotopic (exact) mass is 252 g/mol. The predicted molar refractivity (Wildman–Crippen MR) is 77.0 cm³/mol. The Hall–Kier alpha value is -2.42. The van der Waals surface area contributed by atoms with E-state index in [2.05, 4.69) is 11.6 Å². The first-order chi connectivity index (χ1) is 9.31. The molecular formula is C16H16N2O. The van der Waals surface area contributed by atoms with Gasteiger partial charge >= 0.3 is 0 Å². The van der Waals surface area contributed by atoms with Crippen molar-refractivity contribution in [2.45, 2.75) is 12.5 Å². The molecule has 0 N–H and O–H groups in total. The molecule has 0 saturated heterocycles. The molecule has 0 spiro atoms. The van der Waals surface area contributed by atoms with E-state index in [1.54, 1.807) is 24.7 Å². The van der Waals surface area contributed by atoms with Crippen molar-refractivity contribution in [1.29, 1.82) is 0 Å². The van der Waals surface area contributed by atoms with Gasteiger partial charge in [-0.05, 0) is 24.3 Å². The van der Waals surface area contributed by atoms with Gasteiger partial charge < -0.3 is 5.21 Å². The summed E-state index contributed by atoms with van der Waals surface area (Å²) in [5.41, 5.74) is 1.83. The first-order valence-electron chi connectivity index (χ1n) is 6.17. The molecule has 0 radical (unpaired) electrons. The van der Waals surface area contributed by atoms with Crippen molar-refractivity contribution in [2.24, 2.45) is 0 Å². The van der Waals surface area contributed by atoms with Gasteiger partial charge in [0.15, 0.2) is 12.3 Å². The molecule has 19 heavy (non-hydrogen) atoms. The Morgan fingerprint density at radius 1 is 1.16 bits per heavy atom. The number of aromatic nitrogens is 1. The molecule has 1 aromatic heterocycles. The van der Waals surface area contributed by atoms with E-state index < -0.39 is 0 Å². The molecule has 2 rings (SSSR count). The second kappa shape index (κ2) is 6.50. The van der Waals surface area contributed by atoms with Gasteiger partial charge in [-0.3, -0.25) is 4.98 Å². The summed E-state index contributed by atoms with van der Waals surface area (Å²) >= 11 is 0. The van der Waals surface area contributed by atoms with Crippen LogP contribution in [0.5, 0.6) is 0 Å². The van der Waals surface area contributed by atoms with Crippen LogP contribution in [0.1, 0.15) is 23.6 Å². The molecule has 0 aliphatic heterocycles. The van der Waals surface area contributed by atoms with Crippen LogP contribution in [0, 0.1) is 5.21 Å². The summed E-state index contributed by atoms with van der Waals surface area (Å²) in [6, 6.07) is 13.0. The molecule has 0 aliphatic rings. The van der Waals surface area contributed by atoms with Crippen molar-refractivity contribution in [1.82, 2.24) is 4.98 Å². The molecular weight excluding hydrogens is 236 g/mol. The van der Waals surface area contributed by atoms with Crippen LogP contribution in [0.25, 0.3) is 0 Å². The maximum absolute atomic E-state index is 12.3. The van der Waals surface area contributed by atoms with Gasteiger partial charge in [0.25, 0.3) is 0 Å². The Labute approximate surface area is 113 Å². The zero-order valence-corrected chi connectivity index (χ0v) is 10.6. The molecule has 1 unspecified atom stereocenters. The van der Waals surface area contributed by atoms with Crippen LogP contribution in [0.3, 0.4) is 0 Å². The molecule has 1 heterocycles. The topological polar surface area (TPSA) is 39.0 Å². The van der Waals surface area contributed by atoms with Crippen molar-refractivity contribution >= 4 is 6.21 Å². The van der Waals surface area contributed by atoms with E-state index in [1.165, 1.54) is 0 Å². The van der Waals surface area contributed by atoms with Gasteiger partial charge in [-0.15, -0.1) is 6.58 Å². The summed E-state index contributed by atoms with van der Waals surface area (Å²) < 4.78 is 0.979. The Bertz CT molecular complexity index is 549. The number of pyridine rings is 1. The molecule has 3 nitrogen and oxygen atoms in total. The fraction of sp³-hybridized carbons (Fsp3) is 0.125. The molecule has 3 heteroatoms. The SMILES string of the molecule is C=CCC(c1ccncc1)/[N+]([O-])=C/c1ccccc1. The van der Waals surface area contributed by atoms with E-state index in [4.69, 9.17) is 0 Å². The van der Waals surface area contributed by atoms with Gasteiger partial charge in [-0.2, -0.15) is 0 Å². The first-order valence-corrected chi connectivity index (χ1v) is 6.17. The van der Waals surface area contributed by atoms with Gasteiger partial charge in [-0.1, -0.05) is 24.3 Å². The van der Waals surface area contributed by atoms with E-state index in [0.717, 1.165) is 15.9 Å². The summed E-state index contributed by atoms with van der Waals surface area (Å²) in [7, 11) is 0. The maximum Gasteiger partial charge on any atom is 0.192 e. The quantitative estimate of drug-likeness (QED) is 0.269. The first kappa shape index (κ1) is 13.0. The van der Waals surface area contributed by atoms with Crippen LogP contribution in [0.15, 0.2) is 67.5 Å². The molecule has 1 atom stereocenters. The van der Waals surface area contributed by atoms with Crippen molar-refractivity contribution in [2.75, 3.05) is 0 Å². The number of hydrogen-bond acceptors (Lipinski definition) is 2. The second-order valence-corrected chi connectivity index (χ2v) is 4.22. The smallest absolute Gasteiger partial charge is 0.192 e. The highest BCUT2D eigenvalue weighted by atomic mass is 16.5.